The van der Waals surface area contributed by atoms with E-state index in [1.54, 1.807) is 6.92 Å². The van der Waals surface area contributed by atoms with E-state index in [1.165, 1.54) is 31.4 Å². The van der Waals surface area contributed by atoms with Crippen LogP contribution in [-0.4, -0.2) is 38.9 Å². The summed E-state index contributed by atoms with van der Waals surface area (Å²) in [6.45, 7) is 3.94. The molecule has 1 aromatic carbocycles. The van der Waals surface area contributed by atoms with E-state index in [9.17, 15) is 13.2 Å². The number of benzene rings is 1. The predicted octanol–water partition coefficient (Wildman–Crippen LogP) is 2.15. The Hall–Kier alpha value is -1.44. The van der Waals surface area contributed by atoms with Crippen LogP contribution in [-0.2, 0) is 14.8 Å². The fraction of sp³-hybridized carbons (Fsp3) is 0.588. The highest BCUT2D eigenvalue weighted by molar-refractivity contribution is 7.89. The highest BCUT2D eigenvalue weighted by Crippen LogP contribution is 2.24. The van der Waals surface area contributed by atoms with E-state index in [0.717, 1.165) is 24.0 Å². The molecule has 0 bridgehead atoms. The summed E-state index contributed by atoms with van der Waals surface area (Å²) in [6.07, 6.45) is 5.96. The van der Waals surface area contributed by atoms with Gasteiger partial charge in [-0.2, -0.15) is 0 Å². The second kappa shape index (κ2) is 7.63. The molecule has 2 rings (SSSR count). The summed E-state index contributed by atoms with van der Waals surface area (Å²) in [6, 6.07) is 3.40. The van der Waals surface area contributed by atoms with Gasteiger partial charge in [-0.15, -0.1) is 0 Å². The van der Waals surface area contributed by atoms with Gasteiger partial charge in [-0.1, -0.05) is 19.3 Å². The summed E-state index contributed by atoms with van der Waals surface area (Å²) in [7, 11) is -1.84. The van der Waals surface area contributed by atoms with Crippen molar-refractivity contribution in [2.75, 3.05) is 18.9 Å². The van der Waals surface area contributed by atoms with E-state index in [4.69, 9.17) is 5.14 Å². The number of hydrogen-bond acceptors (Lipinski definition) is 4. The zero-order valence-electron chi connectivity index (χ0n) is 14.6. The van der Waals surface area contributed by atoms with Crippen LogP contribution in [0.1, 0.15) is 43.2 Å². The third kappa shape index (κ3) is 4.78. The molecular formula is C17H27N3O3S. The number of carbonyl (C=O) groups is 1. The van der Waals surface area contributed by atoms with Gasteiger partial charge in [0, 0.05) is 11.7 Å². The molecule has 7 heteroatoms. The lowest BCUT2D eigenvalue weighted by molar-refractivity contribution is -0.117. The first kappa shape index (κ1) is 18.9. The van der Waals surface area contributed by atoms with Gasteiger partial charge < -0.3 is 5.32 Å². The maximum absolute atomic E-state index is 12.4. The summed E-state index contributed by atoms with van der Waals surface area (Å²) in [4.78, 5) is 14.5. The van der Waals surface area contributed by atoms with Gasteiger partial charge in [-0.3, -0.25) is 9.69 Å². The van der Waals surface area contributed by atoms with Crippen molar-refractivity contribution in [3.8, 4) is 0 Å². The van der Waals surface area contributed by atoms with Crippen LogP contribution < -0.4 is 10.5 Å². The maximum atomic E-state index is 12.4. The molecule has 24 heavy (non-hydrogen) atoms. The number of sulfonamides is 1. The number of nitrogens with two attached hydrogens (primary N) is 1. The molecule has 1 aliphatic rings. The van der Waals surface area contributed by atoms with Crippen LogP contribution in [0.25, 0.3) is 0 Å². The number of rotatable bonds is 5. The number of primary sulfonamides is 1. The number of amides is 1. The first-order chi connectivity index (χ1) is 11.2. The Morgan fingerprint density at radius 3 is 2.46 bits per heavy atom. The predicted molar refractivity (Wildman–Crippen MR) is 95.4 cm³/mol. The number of aryl methyl sites for hydroxylation is 1. The Kier molecular flexibility index (Phi) is 6.01. The minimum atomic E-state index is -3.80. The molecule has 0 spiro atoms. The Bertz CT molecular complexity index is 710. The van der Waals surface area contributed by atoms with Crippen molar-refractivity contribution in [3.63, 3.8) is 0 Å². The SMILES string of the molecule is Cc1cc(S(N)(=O)=O)cc(NC(=O)CN(C)C2CCCCC2)c1C. The maximum Gasteiger partial charge on any atom is 0.238 e. The van der Waals surface area contributed by atoms with E-state index in [-0.39, 0.29) is 10.8 Å². The van der Waals surface area contributed by atoms with Crippen LogP contribution in [0.3, 0.4) is 0 Å². The number of nitrogens with zero attached hydrogens (tertiary/aromatic N) is 1. The van der Waals surface area contributed by atoms with Crippen molar-refractivity contribution < 1.29 is 13.2 Å². The van der Waals surface area contributed by atoms with Gasteiger partial charge in [0.2, 0.25) is 15.9 Å². The molecule has 1 aliphatic carbocycles. The summed E-state index contributed by atoms with van der Waals surface area (Å²) in [5.41, 5.74) is 2.12. The van der Waals surface area contributed by atoms with E-state index in [0.29, 0.717) is 18.3 Å². The highest BCUT2D eigenvalue weighted by atomic mass is 32.2. The molecule has 1 saturated carbocycles. The molecule has 0 radical (unpaired) electrons. The lowest BCUT2D eigenvalue weighted by Gasteiger charge is -2.30. The van der Waals surface area contributed by atoms with Gasteiger partial charge in [-0.25, -0.2) is 13.6 Å². The average molecular weight is 353 g/mol. The first-order valence-electron chi connectivity index (χ1n) is 8.32. The number of carbonyl (C=O) groups excluding carboxylic acids is 1. The molecule has 3 N–H and O–H groups in total. The second-order valence-electron chi connectivity index (χ2n) is 6.71. The Morgan fingerprint density at radius 1 is 1.25 bits per heavy atom. The number of anilines is 1. The largest absolute Gasteiger partial charge is 0.325 e. The molecule has 1 fully saturated rings. The zero-order chi connectivity index (χ0) is 17.9. The van der Waals surface area contributed by atoms with E-state index in [1.807, 2.05) is 14.0 Å². The van der Waals surface area contributed by atoms with Gasteiger partial charge in [0.1, 0.15) is 0 Å². The van der Waals surface area contributed by atoms with Crippen molar-refractivity contribution in [1.29, 1.82) is 0 Å². The fourth-order valence-corrected chi connectivity index (χ4v) is 3.81. The number of hydrogen-bond donors (Lipinski definition) is 2. The van der Waals surface area contributed by atoms with Gasteiger partial charge in [0.15, 0.2) is 0 Å². The van der Waals surface area contributed by atoms with Crippen LogP contribution in [0.15, 0.2) is 17.0 Å². The molecule has 0 heterocycles. The number of nitrogens with one attached hydrogen (secondary N) is 1. The fourth-order valence-electron chi connectivity index (χ4n) is 3.19. The molecule has 0 unspecified atom stereocenters. The van der Waals surface area contributed by atoms with Gasteiger partial charge in [0.05, 0.1) is 11.4 Å². The summed E-state index contributed by atoms with van der Waals surface area (Å²) in [5.74, 6) is -0.142. The molecule has 0 atom stereocenters. The van der Waals surface area contributed by atoms with Crippen molar-refractivity contribution >= 4 is 21.6 Å². The quantitative estimate of drug-likeness (QED) is 0.848. The van der Waals surface area contributed by atoms with Crippen molar-refractivity contribution in [3.05, 3.63) is 23.3 Å². The van der Waals surface area contributed by atoms with Crippen molar-refractivity contribution in [2.45, 2.75) is 56.9 Å². The van der Waals surface area contributed by atoms with Crippen molar-refractivity contribution in [2.24, 2.45) is 5.14 Å². The van der Waals surface area contributed by atoms with Gasteiger partial charge in [-0.05, 0) is 57.0 Å². The molecule has 0 aliphatic heterocycles. The van der Waals surface area contributed by atoms with E-state index in [2.05, 4.69) is 10.2 Å². The normalized spacial score (nSPS) is 16.4. The molecule has 0 saturated heterocycles. The van der Waals surface area contributed by atoms with Crippen molar-refractivity contribution in [1.82, 2.24) is 4.90 Å². The monoisotopic (exact) mass is 353 g/mol. The molecule has 134 valence electrons. The lowest BCUT2D eigenvalue weighted by atomic mass is 9.94. The third-order valence-corrected chi connectivity index (χ3v) is 5.73. The number of likely N-dealkylation sites (N-methyl/N-ethyl adjacent to an activating group) is 1. The third-order valence-electron chi connectivity index (χ3n) is 4.83. The summed E-state index contributed by atoms with van der Waals surface area (Å²) < 4.78 is 23.2. The van der Waals surface area contributed by atoms with Gasteiger partial charge in [0.25, 0.3) is 0 Å². The van der Waals surface area contributed by atoms with Crippen LogP contribution in [0.2, 0.25) is 0 Å². The Labute approximate surface area is 144 Å². The minimum Gasteiger partial charge on any atom is -0.325 e. The molecule has 1 aromatic rings. The molecule has 0 aromatic heterocycles. The van der Waals surface area contributed by atoms with E-state index >= 15 is 0 Å². The van der Waals surface area contributed by atoms with Crippen LogP contribution in [0, 0.1) is 13.8 Å². The minimum absolute atomic E-state index is 0.0153. The lowest BCUT2D eigenvalue weighted by Crippen LogP contribution is -2.39. The smallest absolute Gasteiger partial charge is 0.238 e. The van der Waals surface area contributed by atoms with Crippen LogP contribution >= 0.6 is 0 Å². The Morgan fingerprint density at radius 2 is 1.88 bits per heavy atom. The highest BCUT2D eigenvalue weighted by Gasteiger charge is 2.20. The topological polar surface area (TPSA) is 92.5 Å². The van der Waals surface area contributed by atoms with Crippen LogP contribution in [0.4, 0.5) is 5.69 Å². The molecule has 6 nitrogen and oxygen atoms in total. The second-order valence-corrected chi connectivity index (χ2v) is 8.27. The van der Waals surface area contributed by atoms with E-state index < -0.39 is 10.0 Å². The standard InChI is InChI=1S/C17H27N3O3S/c1-12-9-15(24(18,22)23)10-16(13(12)2)19-17(21)11-20(3)14-7-5-4-6-8-14/h9-10,14H,4-8,11H2,1-3H3,(H,19,21)(H2,18,22,23). The van der Waals surface area contributed by atoms with Gasteiger partial charge >= 0.3 is 0 Å². The summed E-state index contributed by atoms with van der Waals surface area (Å²) >= 11 is 0. The summed E-state index contributed by atoms with van der Waals surface area (Å²) in [5, 5.41) is 8.04. The molecule has 1 amide bonds. The Balaban J connectivity index is 2.09. The average Bonchev–Trinajstić information content (AvgIpc) is 2.51. The zero-order valence-corrected chi connectivity index (χ0v) is 15.4. The van der Waals surface area contributed by atoms with Crippen LogP contribution in [0.5, 0.6) is 0 Å². The molecular weight excluding hydrogens is 326 g/mol. The first-order valence-corrected chi connectivity index (χ1v) is 9.87.